The molecule has 1 aromatic rings. The minimum atomic E-state index is 0.984. The van der Waals surface area contributed by atoms with Gasteiger partial charge in [-0.25, -0.2) is 0 Å². The van der Waals surface area contributed by atoms with Crippen molar-refractivity contribution in [3.8, 4) is 0 Å². The van der Waals surface area contributed by atoms with E-state index >= 15 is 0 Å². The van der Waals surface area contributed by atoms with Crippen molar-refractivity contribution in [1.29, 1.82) is 0 Å². The normalized spacial score (nSPS) is 6.46. The Bertz CT molecular complexity index is 137. The molecule has 1 rings (SSSR count). The first kappa shape index (κ1) is 18.1. The first-order valence-electron chi connectivity index (χ1n) is 5.31. The van der Waals surface area contributed by atoms with E-state index in [1.807, 2.05) is 61.5 Å². The molecule has 0 N–H and O–H groups in total. The van der Waals surface area contributed by atoms with E-state index in [9.17, 15) is 0 Å². The Morgan fingerprint density at radius 3 is 1.31 bits per heavy atom. The summed E-state index contributed by atoms with van der Waals surface area (Å²) in [4.78, 5) is 0. The summed E-state index contributed by atoms with van der Waals surface area (Å²) in [5, 5.41) is 0. The molecule has 0 saturated heterocycles. The summed E-state index contributed by atoms with van der Waals surface area (Å²) >= 11 is 0. The third kappa shape index (κ3) is 14.2. The fourth-order valence-electron chi connectivity index (χ4n) is 0.575. The van der Waals surface area contributed by atoms with Gasteiger partial charge in [-0.05, 0) is 25.5 Å². The molecule has 0 aliphatic heterocycles. The Morgan fingerprint density at radius 1 is 0.846 bits per heavy atom. The van der Waals surface area contributed by atoms with Gasteiger partial charge in [-0.3, -0.25) is 0 Å². The van der Waals surface area contributed by atoms with Crippen molar-refractivity contribution in [3.05, 3.63) is 23.7 Å². The molecule has 13 heavy (non-hydrogen) atoms. The van der Waals surface area contributed by atoms with Crippen molar-refractivity contribution in [2.75, 3.05) is 0 Å². The molecule has 1 heterocycles. The lowest BCUT2D eigenvalue weighted by Gasteiger charge is -1.69. The van der Waals surface area contributed by atoms with Crippen LogP contribution in [0.25, 0.3) is 0 Å². The summed E-state index contributed by atoms with van der Waals surface area (Å²) in [5.41, 5.74) is 1.19. The summed E-state index contributed by atoms with van der Waals surface area (Å²) in [5.74, 6) is 0.984. The molecular weight excluding hydrogens is 160 g/mol. The van der Waals surface area contributed by atoms with Crippen molar-refractivity contribution in [3.63, 3.8) is 0 Å². The first-order valence-corrected chi connectivity index (χ1v) is 5.31. The first-order chi connectivity index (χ1) is 6.29. The summed E-state index contributed by atoms with van der Waals surface area (Å²) in [6, 6.07) is 2.00. The van der Waals surface area contributed by atoms with Crippen LogP contribution in [0.15, 0.2) is 16.7 Å². The average Bonchev–Trinajstić information content (AvgIpc) is 2.60. The minimum Gasteiger partial charge on any atom is -0.469 e. The zero-order valence-electron chi connectivity index (χ0n) is 10.6. The van der Waals surface area contributed by atoms with Gasteiger partial charge in [0.05, 0.1) is 6.26 Å². The van der Waals surface area contributed by atoms with Crippen LogP contribution in [0.2, 0.25) is 0 Å². The molecule has 1 aromatic heterocycles. The minimum absolute atomic E-state index is 0.984. The van der Waals surface area contributed by atoms with E-state index in [4.69, 9.17) is 4.42 Å². The second-order valence-corrected chi connectivity index (χ2v) is 1.73. The highest BCUT2D eigenvalue weighted by Gasteiger charge is 1.85. The lowest BCUT2D eigenvalue weighted by molar-refractivity contribution is 0.533. The molecule has 1 nitrogen and oxygen atoms in total. The van der Waals surface area contributed by atoms with Crippen LogP contribution < -0.4 is 0 Å². The second-order valence-electron chi connectivity index (χ2n) is 1.73. The maximum atomic E-state index is 4.96. The Morgan fingerprint density at radius 2 is 1.23 bits per heavy atom. The Balaban J connectivity index is -0.000000144. The number of hydrogen-bond donors (Lipinski definition) is 0. The van der Waals surface area contributed by atoms with Gasteiger partial charge in [-0.1, -0.05) is 41.5 Å². The molecule has 0 amide bonds. The topological polar surface area (TPSA) is 13.1 Å². The number of furan rings is 1. The fraction of sp³-hybridized carbons (Fsp3) is 0.667. The summed E-state index contributed by atoms with van der Waals surface area (Å²) < 4.78 is 4.96. The van der Waals surface area contributed by atoms with E-state index in [2.05, 4.69) is 0 Å². The zero-order valence-corrected chi connectivity index (χ0v) is 10.6. The van der Waals surface area contributed by atoms with E-state index in [1.165, 1.54) is 5.56 Å². The summed E-state index contributed by atoms with van der Waals surface area (Å²) in [7, 11) is 0. The highest BCUT2D eigenvalue weighted by atomic mass is 16.3. The molecule has 0 fully saturated rings. The van der Waals surface area contributed by atoms with Crippen LogP contribution in [0.4, 0.5) is 0 Å². The maximum absolute atomic E-state index is 4.96. The van der Waals surface area contributed by atoms with Crippen molar-refractivity contribution >= 4 is 0 Å². The van der Waals surface area contributed by atoms with Gasteiger partial charge >= 0.3 is 0 Å². The molecule has 1 heteroatoms. The van der Waals surface area contributed by atoms with Crippen LogP contribution in [0.5, 0.6) is 0 Å². The molecule has 0 saturated carbocycles. The lowest BCUT2D eigenvalue weighted by atomic mass is 10.4. The van der Waals surface area contributed by atoms with Crippen LogP contribution >= 0.6 is 0 Å². The summed E-state index contributed by atoms with van der Waals surface area (Å²) in [6.45, 7) is 15.9. The van der Waals surface area contributed by atoms with Gasteiger partial charge in [0, 0.05) is 0 Å². The van der Waals surface area contributed by atoms with E-state index < -0.39 is 0 Å². The molecular formula is C12H26O. The van der Waals surface area contributed by atoms with Gasteiger partial charge in [0.2, 0.25) is 0 Å². The van der Waals surface area contributed by atoms with Gasteiger partial charge in [0.1, 0.15) is 5.76 Å². The van der Waals surface area contributed by atoms with E-state index in [-0.39, 0.29) is 0 Å². The van der Waals surface area contributed by atoms with Crippen molar-refractivity contribution in [2.45, 2.75) is 55.4 Å². The van der Waals surface area contributed by atoms with E-state index in [1.54, 1.807) is 6.26 Å². The Kier molecular flexibility index (Phi) is 24.3. The smallest absolute Gasteiger partial charge is 0.100 e. The highest BCUT2D eigenvalue weighted by Crippen LogP contribution is 2.02. The van der Waals surface area contributed by atoms with Crippen LogP contribution in [0.1, 0.15) is 52.9 Å². The van der Waals surface area contributed by atoms with Gasteiger partial charge in [-0.2, -0.15) is 0 Å². The Labute approximate surface area is 84.2 Å². The quantitative estimate of drug-likeness (QED) is 0.557. The standard InChI is InChI=1S/C6H8O.3C2H6/c1-5-3-6(2)7-4-5;3*1-2/h3-4H,1-2H3;3*1-2H3. The predicted octanol–water partition coefficient (Wildman–Crippen LogP) is 4.98. The fourth-order valence-corrected chi connectivity index (χ4v) is 0.575. The molecule has 0 bridgehead atoms. The number of aryl methyl sites for hydroxylation is 2. The third-order valence-corrected chi connectivity index (χ3v) is 0.862. The zero-order chi connectivity index (χ0) is 11.3. The van der Waals surface area contributed by atoms with E-state index in [0.717, 1.165) is 5.76 Å². The maximum Gasteiger partial charge on any atom is 0.100 e. The molecule has 0 aliphatic carbocycles. The molecule has 0 unspecified atom stereocenters. The summed E-state index contributed by atoms with van der Waals surface area (Å²) in [6.07, 6.45) is 1.75. The van der Waals surface area contributed by atoms with Crippen LogP contribution in [0, 0.1) is 13.8 Å². The molecule has 0 aromatic carbocycles. The SMILES string of the molecule is CC.CC.CC.Cc1coc(C)c1. The highest BCUT2D eigenvalue weighted by molar-refractivity contribution is 5.08. The largest absolute Gasteiger partial charge is 0.469 e. The second kappa shape index (κ2) is 17.4. The van der Waals surface area contributed by atoms with Crippen molar-refractivity contribution in [2.24, 2.45) is 0 Å². The number of hydrogen-bond acceptors (Lipinski definition) is 1. The molecule has 0 radical (unpaired) electrons. The van der Waals surface area contributed by atoms with Crippen molar-refractivity contribution < 1.29 is 4.42 Å². The van der Waals surface area contributed by atoms with Gasteiger partial charge in [-0.15, -0.1) is 0 Å². The number of rotatable bonds is 0. The Hall–Kier alpha value is -0.720. The molecule has 0 aliphatic rings. The molecule has 0 atom stereocenters. The van der Waals surface area contributed by atoms with Gasteiger partial charge < -0.3 is 4.42 Å². The van der Waals surface area contributed by atoms with Crippen molar-refractivity contribution in [1.82, 2.24) is 0 Å². The lowest BCUT2D eigenvalue weighted by Crippen LogP contribution is -1.53. The van der Waals surface area contributed by atoms with Gasteiger partial charge in [0.25, 0.3) is 0 Å². The average molecular weight is 186 g/mol. The van der Waals surface area contributed by atoms with Crippen LogP contribution in [-0.2, 0) is 0 Å². The van der Waals surface area contributed by atoms with Crippen LogP contribution in [0.3, 0.4) is 0 Å². The van der Waals surface area contributed by atoms with E-state index in [0.29, 0.717) is 0 Å². The molecule has 0 spiro atoms. The third-order valence-electron chi connectivity index (χ3n) is 0.862. The predicted molar refractivity (Wildman–Crippen MR) is 62.2 cm³/mol. The van der Waals surface area contributed by atoms with Gasteiger partial charge in [0.15, 0.2) is 0 Å². The van der Waals surface area contributed by atoms with Crippen LogP contribution in [-0.4, -0.2) is 0 Å². The monoisotopic (exact) mass is 186 g/mol. The molecule has 80 valence electrons.